The Morgan fingerprint density at radius 2 is 0.878 bits per heavy atom. The molecule has 0 saturated heterocycles. The molecule has 0 rings (SSSR count). The number of allylic oxidation sites excluding steroid dienone is 4. The maximum absolute atomic E-state index is 11.8. The molecule has 0 unspecified atom stereocenters. The van der Waals surface area contributed by atoms with Crippen LogP contribution in [-0.2, 0) is 33.3 Å². The predicted octanol–water partition coefficient (Wildman–Crippen LogP) is 6.67. The van der Waals surface area contributed by atoms with Crippen molar-refractivity contribution in [3.63, 3.8) is 0 Å². The van der Waals surface area contributed by atoms with Gasteiger partial charge in [0.1, 0.15) is 13.2 Å². The van der Waals surface area contributed by atoms with E-state index in [0.717, 1.165) is 51.6 Å². The number of ether oxygens (including phenoxy) is 5. The van der Waals surface area contributed by atoms with Crippen molar-refractivity contribution >= 4 is 11.9 Å². The fraction of sp³-hybridized carbons (Fsp3) is 0.818. The molecule has 0 N–H and O–H groups in total. The molecule has 0 atom stereocenters. The van der Waals surface area contributed by atoms with Crippen molar-refractivity contribution in [1.82, 2.24) is 4.90 Å². The summed E-state index contributed by atoms with van der Waals surface area (Å²) in [5.74, 6) is -0.316. The summed E-state index contributed by atoms with van der Waals surface area (Å²) >= 11 is 0. The number of rotatable bonds is 31. The molecule has 0 amide bonds. The van der Waals surface area contributed by atoms with Crippen molar-refractivity contribution < 1.29 is 33.3 Å². The average Bonchev–Trinajstić information content (AvgIpc) is 2.96. The fourth-order valence-electron chi connectivity index (χ4n) is 3.77. The van der Waals surface area contributed by atoms with Crippen LogP contribution in [0.4, 0.5) is 0 Å². The summed E-state index contributed by atoms with van der Waals surface area (Å²) in [5.41, 5.74) is 0. The molecule has 0 saturated carbocycles. The molecule has 0 fully saturated rings. The lowest BCUT2D eigenvalue weighted by atomic mass is 10.1. The van der Waals surface area contributed by atoms with Crippen LogP contribution in [0.5, 0.6) is 0 Å². The third-order valence-electron chi connectivity index (χ3n) is 6.37. The zero-order valence-electron chi connectivity index (χ0n) is 26.6. The molecule has 0 bridgehead atoms. The van der Waals surface area contributed by atoms with Gasteiger partial charge in [0.2, 0.25) is 0 Å². The molecule has 0 aliphatic heterocycles. The van der Waals surface area contributed by atoms with Crippen LogP contribution >= 0.6 is 0 Å². The van der Waals surface area contributed by atoms with Crippen LogP contribution in [0.1, 0.15) is 104 Å². The molecule has 8 heteroatoms. The molecule has 8 nitrogen and oxygen atoms in total. The van der Waals surface area contributed by atoms with Crippen LogP contribution < -0.4 is 0 Å². The largest absolute Gasteiger partial charge is 0.463 e. The molecule has 240 valence electrons. The summed E-state index contributed by atoms with van der Waals surface area (Å²) in [7, 11) is 2.01. The third kappa shape index (κ3) is 32.6. The Balaban J connectivity index is 3.38. The van der Waals surface area contributed by atoms with Crippen LogP contribution in [0.3, 0.4) is 0 Å². The zero-order valence-corrected chi connectivity index (χ0v) is 26.6. The first-order valence-corrected chi connectivity index (χ1v) is 16.1. The van der Waals surface area contributed by atoms with Gasteiger partial charge in [0.25, 0.3) is 0 Å². The highest BCUT2D eigenvalue weighted by Gasteiger charge is 2.04. The Morgan fingerprint density at radius 1 is 0.512 bits per heavy atom. The number of carbonyl (C=O) groups excluding carboxylic acids is 2. The zero-order chi connectivity index (χ0) is 30.1. The predicted molar refractivity (Wildman–Crippen MR) is 166 cm³/mol. The molecular formula is C33H61NO7. The molecular weight excluding hydrogens is 522 g/mol. The van der Waals surface area contributed by atoms with E-state index in [9.17, 15) is 9.59 Å². The van der Waals surface area contributed by atoms with E-state index in [4.69, 9.17) is 23.7 Å². The first-order chi connectivity index (χ1) is 20.1. The van der Waals surface area contributed by atoms with Gasteiger partial charge >= 0.3 is 11.9 Å². The van der Waals surface area contributed by atoms with Gasteiger partial charge in [-0.3, -0.25) is 9.59 Å². The molecule has 41 heavy (non-hydrogen) atoms. The minimum atomic E-state index is -0.163. The number of esters is 2. The van der Waals surface area contributed by atoms with Crippen molar-refractivity contribution in [2.75, 3.05) is 73.0 Å². The highest BCUT2D eigenvalue weighted by molar-refractivity contribution is 5.69. The molecule has 0 radical (unpaired) electrons. The monoisotopic (exact) mass is 583 g/mol. The normalized spacial score (nSPS) is 11.7. The summed E-state index contributed by atoms with van der Waals surface area (Å²) in [6.45, 7) is 9.52. The van der Waals surface area contributed by atoms with Gasteiger partial charge in [0.15, 0.2) is 0 Å². The molecule has 0 heterocycles. The molecule has 0 aliphatic rings. The van der Waals surface area contributed by atoms with Gasteiger partial charge in [-0.1, -0.05) is 63.8 Å². The van der Waals surface area contributed by atoms with E-state index >= 15 is 0 Å². The lowest BCUT2D eigenvalue weighted by Crippen LogP contribution is -2.28. The number of hydrogen-bond acceptors (Lipinski definition) is 8. The quantitative estimate of drug-likeness (QED) is 0.0509. The van der Waals surface area contributed by atoms with Crippen LogP contribution in [0.2, 0.25) is 0 Å². The van der Waals surface area contributed by atoms with E-state index in [1.54, 1.807) is 0 Å². The van der Waals surface area contributed by atoms with Crippen molar-refractivity contribution in [3.05, 3.63) is 24.3 Å². The smallest absolute Gasteiger partial charge is 0.305 e. The fourth-order valence-corrected chi connectivity index (χ4v) is 3.77. The molecule has 0 aromatic heterocycles. The van der Waals surface area contributed by atoms with Crippen molar-refractivity contribution in [2.45, 2.75) is 104 Å². The lowest BCUT2D eigenvalue weighted by Gasteiger charge is -2.16. The van der Waals surface area contributed by atoms with Gasteiger partial charge in [-0.25, -0.2) is 0 Å². The van der Waals surface area contributed by atoms with E-state index < -0.39 is 0 Å². The van der Waals surface area contributed by atoms with Gasteiger partial charge in [0, 0.05) is 25.9 Å². The summed E-state index contributed by atoms with van der Waals surface area (Å²) < 4.78 is 27.0. The van der Waals surface area contributed by atoms with Gasteiger partial charge < -0.3 is 28.6 Å². The topological polar surface area (TPSA) is 83.5 Å². The van der Waals surface area contributed by atoms with E-state index in [0.29, 0.717) is 59.1 Å². The average molecular weight is 584 g/mol. The Kier molecular flexibility index (Phi) is 31.4. The van der Waals surface area contributed by atoms with E-state index in [-0.39, 0.29) is 18.5 Å². The number of carbonyl (C=O) groups is 2. The Labute approximate surface area is 251 Å². The molecule has 0 spiro atoms. The third-order valence-corrected chi connectivity index (χ3v) is 6.37. The highest BCUT2D eigenvalue weighted by atomic mass is 16.6. The maximum atomic E-state index is 11.8. The second-order valence-corrected chi connectivity index (χ2v) is 10.3. The first-order valence-electron chi connectivity index (χ1n) is 16.1. The van der Waals surface area contributed by atoms with E-state index in [1.165, 1.54) is 38.5 Å². The van der Waals surface area contributed by atoms with Crippen LogP contribution in [0, 0.1) is 0 Å². The van der Waals surface area contributed by atoms with Gasteiger partial charge in [-0.15, -0.1) is 0 Å². The summed E-state index contributed by atoms with van der Waals surface area (Å²) in [4.78, 5) is 25.6. The summed E-state index contributed by atoms with van der Waals surface area (Å²) in [6, 6.07) is 0. The number of hydrogen-bond donors (Lipinski definition) is 0. The Hall–Kier alpha value is -1.74. The summed E-state index contributed by atoms with van der Waals surface area (Å²) in [6.07, 6.45) is 23.0. The van der Waals surface area contributed by atoms with Crippen LogP contribution in [-0.4, -0.2) is 89.8 Å². The lowest BCUT2D eigenvalue weighted by molar-refractivity contribution is -0.146. The van der Waals surface area contributed by atoms with Crippen molar-refractivity contribution in [2.24, 2.45) is 0 Å². The number of unbranched alkanes of at least 4 members (excludes halogenated alkanes) is 8. The summed E-state index contributed by atoms with van der Waals surface area (Å²) in [5, 5.41) is 0. The highest BCUT2D eigenvalue weighted by Crippen LogP contribution is 2.04. The van der Waals surface area contributed by atoms with Crippen molar-refractivity contribution in [3.8, 4) is 0 Å². The number of nitrogens with zero attached hydrogens (tertiary/aromatic N) is 1. The van der Waals surface area contributed by atoms with Gasteiger partial charge in [-0.2, -0.15) is 0 Å². The maximum Gasteiger partial charge on any atom is 0.305 e. The minimum Gasteiger partial charge on any atom is -0.463 e. The second kappa shape index (κ2) is 32.8. The van der Waals surface area contributed by atoms with Gasteiger partial charge in [-0.05, 0) is 58.4 Å². The Bertz CT molecular complexity index is 639. The van der Waals surface area contributed by atoms with Gasteiger partial charge in [0.05, 0.1) is 39.6 Å². The molecule has 0 aliphatic carbocycles. The standard InChI is InChI=1S/C33H61NO7/c1-4-6-8-10-12-14-16-18-20-32(35)40-30-28-38-25-23-34(3)22-24-37-26-27-39-29-31-41-33(36)21-19-17-15-13-11-9-7-5-2/h12-15H,4-11,16-31H2,1-3H3. The van der Waals surface area contributed by atoms with E-state index in [1.807, 2.05) is 7.05 Å². The molecule has 0 aromatic carbocycles. The Morgan fingerprint density at radius 3 is 1.29 bits per heavy atom. The molecule has 0 aromatic rings. The van der Waals surface area contributed by atoms with E-state index in [2.05, 4.69) is 43.1 Å². The SMILES string of the molecule is CCCCCC=CCCCC(=O)OCCOCCOCCN(C)CCOCCOC(=O)CCCC=CCCCCC. The van der Waals surface area contributed by atoms with Crippen LogP contribution in [0.15, 0.2) is 24.3 Å². The van der Waals surface area contributed by atoms with Crippen molar-refractivity contribution in [1.29, 1.82) is 0 Å². The number of likely N-dealkylation sites (N-methyl/N-ethyl adjacent to an activating group) is 1. The van der Waals surface area contributed by atoms with Crippen LogP contribution in [0.25, 0.3) is 0 Å². The first kappa shape index (κ1) is 39.3. The second-order valence-electron chi connectivity index (χ2n) is 10.3. The minimum absolute atomic E-state index is 0.154.